The molecule has 104 valence electrons. The lowest BCUT2D eigenvalue weighted by Crippen LogP contribution is -2.53. The molecule has 1 atom stereocenters. The van der Waals surface area contributed by atoms with Crippen LogP contribution in [-0.4, -0.2) is 47.1 Å². The third-order valence-corrected chi connectivity index (χ3v) is 3.59. The Kier molecular flexibility index (Phi) is 5.59. The number of carbonyl (C=O) groups excluding carboxylic acids is 1. The Hall–Kier alpha value is -1.10. The van der Waals surface area contributed by atoms with E-state index in [4.69, 9.17) is 0 Å². The summed E-state index contributed by atoms with van der Waals surface area (Å²) in [4.78, 5) is 25.1. The van der Waals surface area contributed by atoms with Gasteiger partial charge in [-0.05, 0) is 32.2 Å². The second kappa shape index (κ2) is 6.73. The molecular formula is C13H24N2O3. The Morgan fingerprint density at radius 1 is 1.33 bits per heavy atom. The molecule has 1 heterocycles. The number of carboxylic acid groups (broad SMARTS) is 1. The Morgan fingerprint density at radius 2 is 2.06 bits per heavy atom. The summed E-state index contributed by atoms with van der Waals surface area (Å²) in [6, 6.07) is 0. The van der Waals surface area contributed by atoms with E-state index in [1.165, 1.54) is 0 Å². The SMILES string of the molecule is CCCNC(=O)CN1CCCC1(CCC)C(=O)O. The molecule has 0 radical (unpaired) electrons. The second-order valence-corrected chi connectivity index (χ2v) is 4.96. The van der Waals surface area contributed by atoms with Gasteiger partial charge in [0.1, 0.15) is 5.54 Å². The summed E-state index contributed by atoms with van der Waals surface area (Å²) in [6.07, 6.45) is 3.83. The fourth-order valence-corrected chi connectivity index (χ4v) is 2.70. The molecule has 1 amide bonds. The normalized spacial score (nSPS) is 24.1. The summed E-state index contributed by atoms with van der Waals surface area (Å²) < 4.78 is 0. The largest absolute Gasteiger partial charge is 0.480 e. The molecule has 1 aliphatic rings. The lowest BCUT2D eigenvalue weighted by Gasteiger charge is -2.34. The van der Waals surface area contributed by atoms with Crippen LogP contribution in [0, 0.1) is 0 Å². The van der Waals surface area contributed by atoms with Gasteiger partial charge in [-0.25, -0.2) is 0 Å². The topological polar surface area (TPSA) is 69.6 Å². The quantitative estimate of drug-likeness (QED) is 0.719. The average Bonchev–Trinajstić information content (AvgIpc) is 2.71. The van der Waals surface area contributed by atoms with Crippen LogP contribution in [-0.2, 0) is 9.59 Å². The van der Waals surface area contributed by atoms with Crippen LogP contribution in [0.5, 0.6) is 0 Å². The van der Waals surface area contributed by atoms with Gasteiger partial charge in [0, 0.05) is 6.54 Å². The van der Waals surface area contributed by atoms with Crippen molar-refractivity contribution in [3.8, 4) is 0 Å². The summed E-state index contributed by atoms with van der Waals surface area (Å²) in [7, 11) is 0. The molecule has 1 aliphatic heterocycles. The van der Waals surface area contributed by atoms with E-state index in [9.17, 15) is 14.7 Å². The van der Waals surface area contributed by atoms with Crippen LogP contribution in [0.1, 0.15) is 46.0 Å². The van der Waals surface area contributed by atoms with E-state index >= 15 is 0 Å². The molecular weight excluding hydrogens is 232 g/mol. The molecule has 0 aromatic rings. The molecule has 1 fully saturated rings. The molecule has 0 aliphatic carbocycles. The zero-order valence-corrected chi connectivity index (χ0v) is 11.4. The van der Waals surface area contributed by atoms with E-state index in [2.05, 4.69) is 5.32 Å². The molecule has 0 saturated carbocycles. The van der Waals surface area contributed by atoms with Crippen molar-refractivity contribution in [1.82, 2.24) is 10.2 Å². The zero-order chi connectivity index (χ0) is 13.6. The van der Waals surface area contributed by atoms with Crippen LogP contribution in [0.3, 0.4) is 0 Å². The minimum atomic E-state index is -0.821. The first-order valence-electron chi connectivity index (χ1n) is 6.82. The van der Waals surface area contributed by atoms with Crippen LogP contribution in [0.2, 0.25) is 0 Å². The lowest BCUT2D eigenvalue weighted by molar-refractivity contribution is -0.151. The van der Waals surface area contributed by atoms with Crippen LogP contribution in [0.25, 0.3) is 0 Å². The maximum Gasteiger partial charge on any atom is 0.324 e. The number of nitrogens with zero attached hydrogens (tertiary/aromatic N) is 1. The summed E-state index contributed by atoms with van der Waals surface area (Å²) in [5.41, 5.74) is -0.821. The fraction of sp³-hybridized carbons (Fsp3) is 0.846. The third-order valence-electron chi connectivity index (χ3n) is 3.59. The molecule has 0 aromatic carbocycles. The van der Waals surface area contributed by atoms with Crippen molar-refractivity contribution in [1.29, 1.82) is 0 Å². The molecule has 0 spiro atoms. The van der Waals surface area contributed by atoms with Crippen LogP contribution < -0.4 is 5.32 Å². The summed E-state index contributed by atoms with van der Waals surface area (Å²) in [6.45, 7) is 5.53. The first-order valence-corrected chi connectivity index (χ1v) is 6.82. The number of carboxylic acids is 1. The molecule has 1 rings (SSSR count). The number of nitrogens with one attached hydrogen (secondary N) is 1. The van der Waals surface area contributed by atoms with Crippen molar-refractivity contribution >= 4 is 11.9 Å². The van der Waals surface area contributed by atoms with E-state index in [1.807, 2.05) is 18.7 Å². The summed E-state index contributed by atoms with van der Waals surface area (Å²) in [5, 5.41) is 12.3. The van der Waals surface area contributed by atoms with Crippen LogP contribution in [0.4, 0.5) is 0 Å². The Morgan fingerprint density at radius 3 is 2.61 bits per heavy atom. The number of hydrogen-bond donors (Lipinski definition) is 2. The number of aliphatic carboxylic acids is 1. The highest BCUT2D eigenvalue weighted by molar-refractivity contribution is 5.82. The van der Waals surface area contributed by atoms with Gasteiger partial charge in [0.05, 0.1) is 6.54 Å². The molecule has 2 N–H and O–H groups in total. The van der Waals surface area contributed by atoms with Crippen molar-refractivity contribution in [3.05, 3.63) is 0 Å². The molecule has 1 saturated heterocycles. The molecule has 0 bridgehead atoms. The van der Waals surface area contributed by atoms with Gasteiger partial charge in [-0.1, -0.05) is 20.3 Å². The minimum Gasteiger partial charge on any atom is -0.480 e. The number of hydrogen-bond acceptors (Lipinski definition) is 3. The van der Waals surface area contributed by atoms with Crippen LogP contribution >= 0.6 is 0 Å². The third kappa shape index (κ3) is 3.22. The maximum absolute atomic E-state index is 11.7. The molecule has 5 nitrogen and oxygen atoms in total. The van der Waals surface area contributed by atoms with Gasteiger partial charge in [-0.2, -0.15) is 0 Å². The Balaban J connectivity index is 2.67. The van der Waals surface area contributed by atoms with E-state index in [-0.39, 0.29) is 12.5 Å². The van der Waals surface area contributed by atoms with Gasteiger partial charge in [0.2, 0.25) is 5.91 Å². The van der Waals surface area contributed by atoms with E-state index in [0.717, 1.165) is 19.3 Å². The van der Waals surface area contributed by atoms with Crippen molar-refractivity contribution < 1.29 is 14.7 Å². The van der Waals surface area contributed by atoms with E-state index in [0.29, 0.717) is 25.9 Å². The molecule has 1 unspecified atom stereocenters. The van der Waals surface area contributed by atoms with Gasteiger partial charge >= 0.3 is 5.97 Å². The fourth-order valence-electron chi connectivity index (χ4n) is 2.70. The van der Waals surface area contributed by atoms with Gasteiger partial charge in [0.15, 0.2) is 0 Å². The van der Waals surface area contributed by atoms with Crippen molar-refractivity contribution in [2.75, 3.05) is 19.6 Å². The average molecular weight is 256 g/mol. The number of amides is 1. The highest BCUT2D eigenvalue weighted by Gasteiger charge is 2.47. The summed E-state index contributed by atoms with van der Waals surface area (Å²) in [5.74, 6) is -0.856. The second-order valence-electron chi connectivity index (χ2n) is 4.96. The van der Waals surface area contributed by atoms with Crippen LogP contribution in [0.15, 0.2) is 0 Å². The summed E-state index contributed by atoms with van der Waals surface area (Å²) >= 11 is 0. The van der Waals surface area contributed by atoms with Gasteiger partial charge in [-0.15, -0.1) is 0 Å². The van der Waals surface area contributed by atoms with E-state index in [1.54, 1.807) is 0 Å². The first-order chi connectivity index (χ1) is 8.56. The lowest BCUT2D eigenvalue weighted by atomic mass is 9.90. The predicted molar refractivity (Wildman–Crippen MR) is 69.4 cm³/mol. The standard InChI is InChI=1S/C13H24N2O3/c1-3-6-13(12(17)18)7-5-9-15(13)10-11(16)14-8-4-2/h3-10H2,1-2H3,(H,14,16)(H,17,18). The predicted octanol–water partition coefficient (Wildman–Crippen LogP) is 1.23. The molecule has 0 aromatic heterocycles. The van der Waals surface area contributed by atoms with E-state index < -0.39 is 11.5 Å². The van der Waals surface area contributed by atoms with Gasteiger partial charge in [0.25, 0.3) is 0 Å². The number of rotatable bonds is 7. The monoisotopic (exact) mass is 256 g/mol. The van der Waals surface area contributed by atoms with Crippen molar-refractivity contribution in [3.63, 3.8) is 0 Å². The smallest absolute Gasteiger partial charge is 0.324 e. The maximum atomic E-state index is 11.7. The van der Waals surface area contributed by atoms with Gasteiger partial charge < -0.3 is 10.4 Å². The zero-order valence-electron chi connectivity index (χ0n) is 11.4. The number of likely N-dealkylation sites (tertiary alicyclic amines) is 1. The highest BCUT2D eigenvalue weighted by atomic mass is 16.4. The highest BCUT2D eigenvalue weighted by Crippen LogP contribution is 2.33. The van der Waals surface area contributed by atoms with Gasteiger partial charge in [-0.3, -0.25) is 14.5 Å². The Labute approximate surface area is 109 Å². The van der Waals surface area contributed by atoms with Crippen molar-refractivity contribution in [2.24, 2.45) is 0 Å². The molecule has 18 heavy (non-hydrogen) atoms. The Bertz CT molecular complexity index is 307. The minimum absolute atomic E-state index is 0.0690. The molecule has 5 heteroatoms. The first kappa shape index (κ1) is 15.0. The van der Waals surface area contributed by atoms with Crippen molar-refractivity contribution in [2.45, 2.75) is 51.5 Å². The number of carbonyl (C=O) groups is 2.